The molecule has 0 fully saturated rings. The molecule has 0 saturated carbocycles. The first kappa shape index (κ1) is 11.4. The van der Waals surface area contributed by atoms with Gasteiger partial charge in [0.25, 0.3) is 0 Å². The number of aromatic nitrogens is 3. The van der Waals surface area contributed by atoms with Gasteiger partial charge < -0.3 is 0 Å². The third-order valence-electron chi connectivity index (χ3n) is 3.19. The number of nitrogens with zero attached hydrogens (tertiary/aromatic N) is 4. The van der Waals surface area contributed by atoms with Crippen LogP contribution in [0.1, 0.15) is 18.1 Å². The summed E-state index contributed by atoms with van der Waals surface area (Å²) in [4.78, 5) is 4.19. The van der Waals surface area contributed by atoms with E-state index in [0.29, 0.717) is 5.56 Å². The molecule has 0 unspecified atom stereocenters. The summed E-state index contributed by atoms with van der Waals surface area (Å²) in [6, 6.07) is 13.8. The average Bonchev–Trinajstić information content (AvgIpc) is 2.95. The summed E-state index contributed by atoms with van der Waals surface area (Å²) in [7, 11) is 0. The molecule has 0 atom stereocenters. The van der Waals surface area contributed by atoms with E-state index in [1.807, 2.05) is 40.9 Å². The summed E-state index contributed by atoms with van der Waals surface area (Å²) in [5, 5.41) is 13.2. The highest BCUT2D eigenvalue weighted by Crippen LogP contribution is 2.25. The quantitative estimate of drug-likeness (QED) is 0.700. The number of benzene rings is 1. The number of fused-ring (bicyclic) bond motifs is 1. The maximum atomic E-state index is 8.98. The lowest BCUT2D eigenvalue weighted by Crippen LogP contribution is -1.97. The van der Waals surface area contributed by atoms with Crippen molar-refractivity contribution in [3.63, 3.8) is 0 Å². The van der Waals surface area contributed by atoms with Crippen molar-refractivity contribution in [2.24, 2.45) is 0 Å². The third kappa shape index (κ3) is 1.85. The van der Waals surface area contributed by atoms with E-state index in [1.54, 1.807) is 6.33 Å². The Labute approximate surface area is 111 Å². The first-order valence-electron chi connectivity index (χ1n) is 6.15. The van der Waals surface area contributed by atoms with Crippen LogP contribution < -0.4 is 0 Å². The smallest absolute Gasteiger partial charge is 0.155 e. The summed E-state index contributed by atoms with van der Waals surface area (Å²) in [6.45, 7) is 2.08. The van der Waals surface area contributed by atoms with E-state index in [1.165, 1.54) is 0 Å². The topological polar surface area (TPSA) is 54.0 Å². The summed E-state index contributed by atoms with van der Waals surface area (Å²) in [5.41, 5.74) is 4.74. The second-order valence-corrected chi connectivity index (χ2v) is 4.28. The van der Waals surface area contributed by atoms with Gasteiger partial charge in [-0.3, -0.25) is 0 Å². The summed E-state index contributed by atoms with van der Waals surface area (Å²) in [5.74, 6) is 0. The summed E-state index contributed by atoms with van der Waals surface area (Å²) < 4.78 is 1.82. The molecular formula is C15H12N4. The van der Waals surface area contributed by atoms with Crippen molar-refractivity contribution in [3.05, 3.63) is 53.9 Å². The Kier molecular flexibility index (Phi) is 2.73. The van der Waals surface area contributed by atoms with Crippen molar-refractivity contribution in [2.75, 3.05) is 0 Å². The lowest BCUT2D eigenvalue weighted by molar-refractivity contribution is 0.964. The number of nitriles is 1. The molecular weight excluding hydrogens is 236 g/mol. The van der Waals surface area contributed by atoms with Crippen LogP contribution in [0.15, 0.2) is 42.7 Å². The Morgan fingerprint density at radius 2 is 2.16 bits per heavy atom. The number of aryl methyl sites for hydroxylation is 1. The van der Waals surface area contributed by atoms with Gasteiger partial charge >= 0.3 is 0 Å². The fourth-order valence-corrected chi connectivity index (χ4v) is 2.26. The molecule has 0 amide bonds. The molecule has 3 aromatic rings. The van der Waals surface area contributed by atoms with Crippen LogP contribution in [0.25, 0.3) is 16.9 Å². The van der Waals surface area contributed by atoms with Gasteiger partial charge in [-0.05, 0) is 36.2 Å². The molecule has 92 valence electrons. The van der Waals surface area contributed by atoms with Gasteiger partial charge in [-0.15, -0.1) is 0 Å². The van der Waals surface area contributed by atoms with Gasteiger partial charge in [-0.25, -0.2) is 9.50 Å². The molecule has 1 aromatic carbocycles. The molecule has 3 rings (SSSR count). The monoisotopic (exact) mass is 248 g/mol. The second kappa shape index (κ2) is 4.54. The maximum Gasteiger partial charge on any atom is 0.155 e. The van der Waals surface area contributed by atoms with Crippen LogP contribution in [0, 0.1) is 11.3 Å². The highest BCUT2D eigenvalue weighted by molar-refractivity contribution is 5.67. The van der Waals surface area contributed by atoms with Crippen LogP contribution in [0.2, 0.25) is 0 Å². The molecule has 0 spiro atoms. The predicted molar refractivity (Wildman–Crippen MR) is 72.5 cm³/mol. The fourth-order valence-electron chi connectivity index (χ4n) is 2.26. The number of hydrogen-bond donors (Lipinski definition) is 0. The van der Waals surface area contributed by atoms with Crippen molar-refractivity contribution in [1.29, 1.82) is 5.26 Å². The Morgan fingerprint density at radius 1 is 1.26 bits per heavy atom. The third-order valence-corrected chi connectivity index (χ3v) is 3.19. The largest absolute Gasteiger partial charge is 0.215 e. The number of rotatable bonds is 2. The van der Waals surface area contributed by atoms with Crippen molar-refractivity contribution < 1.29 is 0 Å². The van der Waals surface area contributed by atoms with Gasteiger partial charge in [0.05, 0.1) is 17.3 Å². The standard InChI is InChI=1S/C15H12N4/c1-2-12-8-11(9-16)6-7-13(12)14-4-3-5-15-17-10-18-19(14)15/h3-8,10H,2H2,1H3. The van der Waals surface area contributed by atoms with Crippen LogP contribution in [0.3, 0.4) is 0 Å². The van der Waals surface area contributed by atoms with Crippen molar-refractivity contribution >= 4 is 5.65 Å². The Balaban J connectivity index is 2.27. The summed E-state index contributed by atoms with van der Waals surface area (Å²) >= 11 is 0. The van der Waals surface area contributed by atoms with E-state index in [4.69, 9.17) is 5.26 Å². The zero-order chi connectivity index (χ0) is 13.2. The van der Waals surface area contributed by atoms with Gasteiger partial charge in [-0.2, -0.15) is 10.4 Å². The molecule has 0 radical (unpaired) electrons. The number of pyridine rings is 1. The Morgan fingerprint density at radius 3 is 2.95 bits per heavy atom. The van der Waals surface area contributed by atoms with Crippen molar-refractivity contribution in [3.8, 4) is 17.3 Å². The zero-order valence-corrected chi connectivity index (χ0v) is 10.5. The molecule has 0 N–H and O–H groups in total. The van der Waals surface area contributed by atoms with Crippen LogP contribution in [-0.2, 0) is 6.42 Å². The second-order valence-electron chi connectivity index (χ2n) is 4.28. The van der Waals surface area contributed by atoms with E-state index in [-0.39, 0.29) is 0 Å². The Hall–Kier alpha value is -2.67. The minimum atomic E-state index is 0.686. The molecule has 0 bridgehead atoms. The maximum absolute atomic E-state index is 8.98. The normalized spacial score (nSPS) is 10.5. The van der Waals surface area contributed by atoms with Gasteiger partial charge in [0.1, 0.15) is 6.33 Å². The lowest BCUT2D eigenvalue weighted by atomic mass is 9.99. The van der Waals surface area contributed by atoms with E-state index >= 15 is 0 Å². The molecule has 4 nitrogen and oxygen atoms in total. The van der Waals surface area contributed by atoms with Crippen LogP contribution >= 0.6 is 0 Å². The molecule has 0 aliphatic rings. The van der Waals surface area contributed by atoms with Crippen LogP contribution in [0.5, 0.6) is 0 Å². The van der Waals surface area contributed by atoms with E-state index in [0.717, 1.165) is 28.9 Å². The first-order chi connectivity index (χ1) is 9.33. The zero-order valence-electron chi connectivity index (χ0n) is 10.5. The van der Waals surface area contributed by atoms with E-state index in [2.05, 4.69) is 23.1 Å². The highest BCUT2D eigenvalue weighted by Gasteiger charge is 2.09. The van der Waals surface area contributed by atoms with Gasteiger partial charge in [0.2, 0.25) is 0 Å². The molecule has 2 aromatic heterocycles. The van der Waals surface area contributed by atoms with Crippen LogP contribution in [-0.4, -0.2) is 14.6 Å². The predicted octanol–water partition coefficient (Wildman–Crippen LogP) is 2.83. The SMILES string of the molecule is CCc1cc(C#N)ccc1-c1cccc2ncnn12. The van der Waals surface area contributed by atoms with Crippen molar-refractivity contribution in [1.82, 2.24) is 14.6 Å². The molecule has 4 heteroatoms. The minimum Gasteiger partial charge on any atom is -0.215 e. The van der Waals surface area contributed by atoms with Crippen molar-refractivity contribution in [2.45, 2.75) is 13.3 Å². The van der Waals surface area contributed by atoms with Gasteiger partial charge in [0.15, 0.2) is 5.65 Å². The highest BCUT2D eigenvalue weighted by atomic mass is 15.3. The van der Waals surface area contributed by atoms with E-state index < -0.39 is 0 Å². The van der Waals surface area contributed by atoms with E-state index in [9.17, 15) is 0 Å². The first-order valence-corrected chi connectivity index (χ1v) is 6.15. The average molecular weight is 248 g/mol. The number of hydrogen-bond acceptors (Lipinski definition) is 3. The minimum absolute atomic E-state index is 0.686. The molecule has 0 aliphatic carbocycles. The summed E-state index contributed by atoms with van der Waals surface area (Å²) in [6.07, 6.45) is 2.42. The fraction of sp³-hybridized carbons (Fsp3) is 0.133. The lowest BCUT2D eigenvalue weighted by Gasteiger charge is -2.09. The molecule has 0 saturated heterocycles. The molecule has 2 heterocycles. The van der Waals surface area contributed by atoms with Gasteiger partial charge in [-0.1, -0.05) is 19.1 Å². The molecule has 0 aliphatic heterocycles. The molecule has 19 heavy (non-hydrogen) atoms. The van der Waals surface area contributed by atoms with Gasteiger partial charge in [0, 0.05) is 5.56 Å². The van der Waals surface area contributed by atoms with Crippen LogP contribution in [0.4, 0.5) is 0 Å². The Bertz CT molecular complexity index is 780.